The number of rotatable bonds is 5. The Labute approximate surface area is 99.5 Å². The third-order valence-electron chi connectivity index (χ3n) is 2.62. The molecule has 2 rings (SSSR count). The van der Waals surface area contributed by atoms with E-state index < -0.39 is 0 Å². The third-order valence-corrected chi connectivity index (χ3v) is 3.56. The molecule has 0 bridgehead atoms. The van der Waals surface area contributed by atoms with Gasteiger partial charge in [0.2, 0.25) is 0 Å². The van der Waals surface area contributed by atoms with E-state index in [1.54, 1.807) is 11.5 Å². The summed E-state index contributed by atoms with van der Waals surface area (Å²) >= 11 is 1.54. The van der Waals surface area contributed by atoms with Crippen molar-refractivity contribution in [2.45, 2.75) is 13.3 Å². The van der Waals surface area contributed by atoms with Crippen LogP contribution in [0, 0.1) is 0 Å². The Morgan fingerprint density at radius 3 is 2.94 bits per heavy atom. The van der Waals surface area contributed by atoms with Crippen molar-refractivity contribution in [2.75, 3.05) is 24.6 Å². The Bertz CT molecular complexity index is 455. The largest absolute Gasteiger partial charge is 0.396 e. The average molecular weight is 236 g/mol. The van der Waals surface area contributed by atoms with Gasteiger partial charge in [-0.2, -0.15) is 4.37 Å². The molecule has 4 heteroatoms. The van der Waals surface area contributed by atoms with Gasteiger partial charge in [-0.05, 0) is 37.0 Å². The minimum absolute atomic E-state index is 0.243. The summed E-state index contributed by atoms with van der Waals surface area (Å²) < 4.78 is 4.43. The smallest absolute Gasteiger partial charge is 0.119 e. The predicted molar refractivity (Wildman–Crippen MR) is 69.2 cm³/mol. The monoisotopic (exact) mass is 236 g/mol. The zero-order valence-corrected chi connectivity index (χ0v) is 10.2. The number of fused-ring (bicyclic) bond motifs is 1. The van der Waals surface area contributed by atoms with Gasteiger partial charge in [0.1, 0.15) is 5.00 Å². The zero-order chi connectivity index (χ0) is 11.4. The van der Waals surface area contributed by atoms with Crippen molar-refractivity contribution in [3.8, 4) is 0 Å². The highest BCUT2D eigenvalue weighted by Gasteiger charge is 2.11. The standard InChI is InChI=1S/C12H16N2OS/c1-2-14(8-5-9-15)12-10-6-3-4-7-11(10)13-16-12/h3-4,6-7,15H,2,5,8-9H2,1H3. The highest BCUT2D eigenvalue weighted by molar-refractivity contribution is 7.11. The SMILES string of the molecule is CCN(CCCO)c1snc2ccccc12. The maximum absolute atomic E-state index is 8.88. The highest BCUT2D eigenvalue weighted by Crippen LogP contribution is 2.30. The quantitative estimate of drug-likeness (QED) is 0.866. The number of aliphatic hydroxyl groups is 1. The van der Waals surface area contributed by atoms with Gasteiger partial charge in [-0.3, -0.25) is 0 Å². The summed E-state index contributed by atoms with van der Waals surface area (Å²) in [7, 11) is 0. The lowest BCUT2D eigenvalue weighted by Gasteiger charge is -2.20. The van der Waals surface area contributed by atoms with Gasteiger partial charge in [0.25, 0.3) is 0 Å². The first-order valence-corrected chi connectivity index (χ1v) is 6.34. The summed E-state index contributed by atoms with van der Waals surface area (Å²) in [6.07, 6.45) is 0.806. The molecule has 0 atom stereocenters. The van der Waals surface area contributed by atoms with Crippen LogP contribution in [0.3, 0.4) is 0 Å². The first-order valence-electron chi connectivity index (χ1n) is 5.57. The minimum Gasteiger partial charge on any atom is -0.396 e. The molecule has 0 fully saturated rings. The summed E-state index contributed by atoms with van der Waals surface area (Å²) in [6.45, 7) is 4.21. The van der Waals surface area contributed by atoms with Crippen LogP contribution in [0.4, 0.5) is 5.00 Å². The van der Waals surface area contributed by atoms with E-state index in [0.717, 1.165) is 25.0 Å². The molecule has 1 N–H and O–H groups in total. The number of aliphatic hydroxyl groups excluding tert-OH is 1. The van der Waals surface area contributed by atoms with Crippen LogP contribution in [0.1, 0.15) is 13.3 Å². The molecule has 0 unspecified atom stereocenters. The molecule has 0 saturated heterocycles. The molecule has 0 amide bonds. The summed E-state index contributed by atoms with van der Waals surface area (Å²) in [6, 6.07) is 8.20. The molecule has 16 heavy (non-hydrogen) atoms. The number of benzene rings is 1. The lowest BCUT2D eigenvalue weighted by molar-refractivity contribution is 0.290. The second kappa shape index (κ2) is 5.27. The van der Waals surface area contributed by atoms with Gasteiger partial charge in [-0.25, -0.2) is 0 Å². The normalized spacial score (nSPS) is 10.9. The molecule has 0 aliphatic rings. The van der Waals surface area contributed by atoms with E-state index in [1.165, 1.54) is 10.4 Å². The molecule has 1 aromatic heterocycles. The average Bonchev–Trinajstić information content (AvgIpc) is 2.75. The van der Waals surface area contributed by atoms with Gasteiger partial charge in [-0.15, -0.1) is 0 Å². The number of hydrogen-bond donors (Lipinski definition) is 1. The molecule has 86 valence electrons. The fraction of sp³-hybridized carbons (Fsp3) is 0.417. The van der Waals surface area contributed by atoms with Crippen molar-refractivity contribution in [3.05, 3.63) is 24.3 Å². The van der Waals surface area contributed by atoms with Crippen LogP contribution in [0.5, 0.6) is 0 Å². The molecule has 0 radical (unpaired) electrons. The van der Waals surface area contributed by atoms with Crippen molar-refractivity contribution in [1.29, 1.82) is 0 Å². The molecular formula is C12H16N2OS. The molecule has 3 nitrogen and oxygen atoms in total. The first-order chi connectivity index (χ1) is 7.86. The minimum atomic E-state index is 0.243. The van der Waals surface area contributed by atoms with Crippen molar-refractivity contribution < 1.29 is 5.11 Å². The number of nitrogens with zero attached hydrogens (tertiary/aromatic N) is 2. The van der Waals surface area contributed by atoms with E-state index in [-0.39, 0.29) is 6.61 Å². The van der Waals surface area contributed by atoms with E-state index in [0.29, 0.717) is 0 Å². The molecule has 0 aliphatic heterocycles. The van der Waals surface area contributed by atoms with Gasteiger partial charge < -0.3 is 10.0 Å². The van der Waals surface area contributed by atoms with Gasteiger partial charge in [-0.1, -0.05) is 12.1 Å². The maximum atomic E-state index is 8.88. The lowest BCUT2D eigenvalue weighted by atomic mass is 10.2. The Morgan fingerprint density at radius 2 is 2.19 bits per heavy atom. The Hall–Kier alpha value is -1.13. The van der Waals surface area contributed by atoms with Crippen LogP contribution in [0.15, 0.2) is 24.3 Å². The van der Waals surface area contributed by atoms with E-state index in [2.05, 4.69) is 22.3 Å². The second-order valence-electron chi connectivity index (χ2n) is 3.66. The Balaban J connectivity index is 2.30. The molecule has 1 aromatic carbocycles. The summed E-state index contributed by atoms with van der Waals surface area (Å²) in [5, 5.41) is 11.3. The number of anilines is 1. The third kappa shape index (κ3) is 2.18. The summed E-state index contributed by atoms with van der Waals surface area (Å²) in [4.78, 5) is 2.27. The van der Waals surface area contributed by atoms with Crippen LogP contribution in [0.2, 0.25) is 0 Å². The van der Waals surface area contributed by atoms with Crippen LogP contribution in [-0.4, -0.2) is 29.2 Å². The highest BCUT2D eigenvalue weighted by atomic mass is 32.1. The van der Waals surface area contributed by atoms with E-state index >= 15 is 0 Å². The van der Waals surface area contributed by atoms with Crippen LogP contribution >= 0.6 is 11.5 Å². The van der Waals surface area contributed by atoms with Gasteiger partial charge in [0.05, 0.1) is 5.52 Å². The topological polar surface area (TPSA) is 36.4 Å². The van der Waals surface area contributed by atoms with Crippen LogP contribution in [-0.2, 0) is 0 Å². The van der Waals surface area contributed by atoms with Gasteiger partial charge >= 0.3 is 0 Å². The molecule has 0 spiro atoms. The number of aromatic nitrogens is 1. The summed E-state index contributed by atoms with van der Waals surface area (Å²) in [5.74, 6) is 0. The van der Waals surface area contributed by atoms with E-state index in [4.69, 9.17) is 5.11 Å². The maximum Gasteiger partial charge on any atom is 0.119 e. The van der Waals surface area contributed by atoms with E-state index in [9.17, 15) is 0 Å². The van der Waals surface area contributed by atoms with Crippen molar-refractivity contribution in [1.82, 2.24) is 4.37 Å². The lowest BCUT2D eigenvalue weighted by Crippen LogP contribution is -2.23. The molecule has 0 saturated carbocycles. The van der Waals surface area contributed by atoms with E-state index in [1.807, 2.05) is 18.2 Å². The second-order valence-corrected chi connectivity index (χ2v) is 4.41. The molecular weight excluding hydrogens is 220 g/mol. The van der Waals surface area contributed by atoms with Gasteiger partial charge in [0.15, 0.2) is 0 Å². The van der Waals surface area contributed by atoms with Crippen LogP contribution in [0.25, 0.3) is 10.9 Å². The molecule has 0 aliphatic carbocycles. The van der Waals surface area contributed by atoms with Crippen LogP contribution < -0.4 is 4.90 Å². The Morgan fingerprint density at radius 1 is 1.38 bits per heavy atom. The number of hydrogen-bond acceptors (Lipinski definition) is 4. The molecule has 2 aromatic rings. The molecule has 1 heterocycles. The van der Waals surface area contributed by atoms with Gasteiger partial charge in [0, 0.05) is 25.1 Å². The van der Waals surface area contributed by atoms with Crippen molar-refractivity contribution in [3.63, 3.8) is 0 Å². The zero-order valence-electron chi connectivity index (χ0n) is 9.39. The fourth-order valence-electron chi connectivity index (χ4n) is 1.77. The fourth-order valence-corrected chi connectivity index (χ4v) is 2.72. The predicted octanol–water partition coefficient (Wildman–Crippen LogP) is 2.51. The van der Waals surface area contributed by atoms with Crippen molar-refractivity contribution in [2.24, 2.45) is 0 Å². The first kappa shape index (κ1) is 11.4. The van der Waals surface area contributed by atoms with Crippen molar-refractivity contribution >= 4 is 27.4 Å². The summed E-state index contributed by atoms with van der Waals surface area (Å²) in [5.41, 5.74) is 1.06. The Kier molecular flexibility index (Phi) is 3.74.